The zero-order valence-electron chi connectivity index (χ0n) is 11.8. The normalized spacial score (nSPS) is 10.3. The number of nitrogens with zero attached hydrogens (tertiary/aromatic N) is 3. The van der Waals surface area contributed by atoms with E-state index in [9.17, 15) is 0 Å². The Bertz CT molecular complexity index is 530. The summed E-state index contributed by atoms with van der Waals surface area (Å²) < 4.78 is 5.64. The molecule has 1 heterocycles. The summed E-state index contributed by atoms with van der Waals surface area (Å²) in [7, 11) is 3.86. The molecule has 0 saturated heterocycles. The zero-order chi connectivity index (χ0) is 13.8. The van der Waals surface area contributed by atoms with Gasteiger partial charge in [-0.25, -0.2) is 0 Å². The lowest BCUT2D eigenvalue weighted by atomic mass is 10.1. The SMILES string of the molecule is Cc1cc(C)cc(COc2ccc(N(C)C)nn2)c1. The molecule has 1 aromatic carbocycles. The Hall–Kier alpha value is -2.10. The van der Waals surface area contributed by atoms with Gasteiger partial charge in [0.05, 0.1) is 0 Å². The van der Waals surface area contributed by atoms with Crippen LogP contribution in [0.4, 0.5) is 5.82 Å². The molecule has 4 nitrogen and oxygen atoms in total. The fraction of sp³-hybridized carbons (Fsp3) is 0.333. The van der Waals surface area contributed by atoms with Gasteiger partial charge >= 0.3 is 0 Å². The van der Waals surface area contributed by atoms with Gasteiger partial charge in [0, 0.05) is 20.2 Å². The van der Waals surface area contributed by atoms with E-state index in [1.54, 1.807) is 0 Å². The van der Waals surface area contributed by atoms with Crippen molar-refractivity contribution in [1.82, 2.24) is 10.2 Å². The second kappa shape index (κ2) is 5.69. The molecule has 1 aromatic heterocycles. The van der Waals surface area contributed by atoms with Crippen LogP contribution in [0.25, 0.3) is 0 Å². The summed E-state index contributed by atoms with van der Waals surface area (Å²) >= 11 is 0. The second-order valence-corrected chi connectivity index (χ2v) is 4.91. The molecule has 0 saturated carbocycles. The average molecular weight is 257 g/mol. The molecule has 0 atom stereocenters. The van der Waals surface area contributed by atoms with E-state index in [0.29, 0.717) is 12.5 Å². The molecule has 0 spiro atoms. The van der Waals surface area contributed by atoms with Crippen molar-refractivity contribution in [3.63, 3.8) is 0 Å². The van der Waals surface area contributed by atoms with Crippen LogP contribution in [0.5, 0.6) is 5.88 Å². The molecule has 0 bridgehead atoms. The van der Waals surface area contributed by atoms with Crippen molar-refractivity contribution in [3.05, 3.63) is 47.0 Å². The Kier molecular flexibility index (Phi) is 4.00. The minimum Gasteiger partial charge on any atom is -0.472 e. The van der Waals surface area contributed by atoms with Crippen molar-refractivity contribution in [2.75, 3.05) is 19.0 Å². The summed E-state index contributed by atoms with van der Waals surface area (Å²) in [5.74, 6) is 1.36. The fourth-order valence-corrected chi connectivity index (χ4v) is 1.94. The molecule has 19 heavy (non-hydrogen) atoms. The molecule has 0 aliphatic carbocycles. The van der Waals surface area contributed by atoms with E-state index in [1.807, 2.05) is 31.1 Å². The third-order valence-electron chi connectivity index (χ3n) is 2.75. The van der Waals surface area contributed by atoms with Gasteiger partial charge in [0.1, 0.15) is 6.61 Å². The molecular formula is C15H19N3O. The van der Waals surface area contributed by atoms with E-state index in [1.165, 1.54) is 11.1 Å². The van der Waals surface area contributed by atoms with Crippen molar-refractivity contribution < 1.29 is 4.74 Å². The molecule has 4 heteroatoms. The Morgan fingerprint density at radius 3 is 2.21 bits per heavy atom. The van der Waals surface area contributed by atoms with Crippen LogP contribution in [0.2, 0.25) is 0 Å². The lowest BCUT2D eigenvalue weighted by Gasteiger charge is -2.11. The topological polar surface area (TPSA) is 38.2 Å². The first-order chi connectivity index (χ1) is 9.04. The minimum absolute atomic E-state index is 0.512. The van der Waals surface area contributed by atoms with Crippen LogP contribution in [0.15, 0.2) is 30.3 Å². The van der Waals surface area contributed by atoms with Crippen LogP contribution in [-0.4, -0.2) is 24.3 Å². The number of hydrogen-bond donors (Lipinski definition) is 0. The molecule has 0 unspecified atom stereocenters. The summed E-state index contributed by atoms with van der Waals surface area (Å²) in [5, 5.41) is 8.12. The summed E-state index contributed by atoms with van der Waals surface area (Å²) in [5.41, 5.74) is 3.64. The Balaban J connectivity index is 2.02. The van der Waals surface area contributed by atoms with E-state index < -0.39 is 0 Å². The first-order valence-corrected chi connectivity index (χ1v) is 6.25. The van der Waals surface area contributed by atoms with E-state index >= 15 is 0 Å². The van der Waals surface area contributed by atoms with Crippen molar-refractivity contribution in [3.8, 4) is 5.88 Å². The van der Waals surface area contributed by atoms with Gasteiger partial charge in [-0.3, -0.25) is 0 Å². The molecule has 2 rings (SSSR count). The smallest absolute Gasteiger partial charge is 0.233 e. The van der Waals surface area contributed by atoms with Gasteiger partial charge < -0.3 is 9.64 Å². The maximum Gasteiger partial charge on any atom is 0.233 e. The summed E-state index contributed by atoms with van der Waals surface area (Å²) in [6.07, 6.45) is 0. The van der Waals surface area contributed by atoms with Gasteiger partial charge in [-0.15, -0.1) is 10.2 Å². The van der Waals surface area contributed by atoms with Crippen LogP contribution in [0, 0.1) is 13.8 Å². The molecule has 0 aliphatic rings. The third kappa shape index (κ3) is 3.68. The number of aryl methyl sites for hydroxylation is 2. The van der Waals surface area contributed by atoms with Gasteiger partial charge in [0.2, 0.25) is 5.88 Å². The second-order valence-electron chi connectivity index (χ2n) is 4.91. The Labute approximate surface area is 114 Å². The predicted molar refractivity (Wildman–Crippen MR) is 76.6 cm³/mol. The highest BCUT2D eigenvalue weighted by Crippen LogP contribution is 2.14. The predicted octanol–water partition coefficient (Wildman–Crippen LogP) is 2.74. The maximum atomic E-state index is 5.64. The van der Waals surface area contributed by atoms with Gasteiger partial charge in [-0.2, -0.15) is 0 Å². The quantitative estimate of drug-likeness (QED) is 0.844. The molecule has 100 valence electrons. The summed E-state index contributed by atoms with van der Waals surface area (Å²) in [4.78, 5) is 1.90. The largest absolute Gasteiger partial charge is 0.472 e. The van der Waals surface area contributed by atoms with Crippen molar-refractivity contribution >= 4 is 5.82 Å². The number of hydrogen-bond acceptors (Lipinski definition) is 4. The molecule has 0 radical (unpaired) electrons. The van der Waals surface area contributed by atoms with Crippen LogP contribution >= 0.6 is 0 Å². The molecule has 0 amide bonds. The number of ether oxygens (including phenoxy) is 1. The summed E-state index contributed by atoms with van der Waals surface area (Å²) in [6.45, 7) is 4.68. The average Bonchev–Trinajstić information content (AvgIpc) is 2.36. The fourth-order valence-electron chi connectivity index (χ4n) is 1.94. The van der Waals surface area contributed by atoms with Crippen molar-refractivity contribution in [2.45, 2.75) is 20.5 Å². The van der Waals surface area contributed by atoms with E-state index in [2.05, 4.69) is 42.2 Å². The van der Waals surface area contributed by atoms with E-state index in [-0.39, 0.29) is 0 Å². The van der Waals surface area contributed by atoms with Gasteiger partial charge in [-0.1, -0.05) is 29.3 Å². The zero-order valence-corrected chi connectivity index (χ0v) is 11.8. The Morgan fingerprint density at radius 1 is 1.00 bits per heavy atom. The van der Waals surface area contributed by atoms with Crippen molar-refractivity contribution in [1.29, 1.82) is 0 Å². The number of rotatable bonds is 4. The highest BCUT2D eigenvalue weighted by Gasteiger charge is 2.02. The van der Waals surface area contributed by atoms with Crippen LogP contribution in [0.3, 0.4) is 0 Å². The molecule has 0 N–H and O–H groups in total. The van der Waals surface area contributed by atoms with Crippen molar-refractivity contribution in [2.24, 2.45) is 0 Å². The highest BCUT2D eigenvalue weighted by atomic mass is 16.5. The third-order valence-corrected chi connectivity index (χ3v) is 2.75. The van der Waals surface area contributed by atoms with E-state index in [4.69, 9.17) is 4.74 Å². The molecular weight excluding hydrogens is 238 g/mol. The minimum atomic E-state index is 0.512. The standard InChI is InChI=1S/C15H19N3O/c1-11-7-12(2)9-13(8-11)10-19-15-6-5-14(16-17-15)18(3)4/h5-9H,10H2,1-4H3. The molecule has 2 aromatic rings. The summed E-state index contributed by atoms with van der Waals surface area (Å²) in [6, 6.07) is 10.1. The highest BCUT2D eigenvalue weighted by molar-refractivity contribution is 5.36. The molecule has 0 aliphatic heterocycles. The monoisotopic (exact) mass is 257 g/mol. The van der Waals surface area contributed by atoms with Gasteiger partial charge in [0.15, 0.2) is 5.82 Å². The first kappa shape index (κ1) is 13.3. The van der Waals surface area contributed by atoms with Crippen LogP contribution < -0.4 is 9.64 Å². The number of benzene rings is 1. The van der Waals surface area contributed by atoms with Gasteiger partial charge in [-0.05, 0) is 25.5 Å². The molecule has 0 fully saturated rings. The lowest BCUT2D eigenvalue weighted by molar-refractivity contribution is 0.290. The van der Waals surface area contributed by atoms with Crippen LogP contribution in [-0.2, 0) is 6.61 Å². The maximum absolute atomic E-state index is 5.64. The number of anilines is 1. The van der Waals surface area contributed by atoms with Crippen LogP contribution in [0.1, 0.15) is 16.7 Å². The Morgan fingerprint density at radius 2 is 1.68 bits per heavy atom. The van der Waals surface area contributed by atoms with Gasteiger partial charge in [0.25, 0.3) is 0 Å². The first-order valence-electron chi connectivity index (χ1n) is 6.25. The lowest BCUT2D eigenvalue weighted by Crippen LogP contribution is -2.11. The number of aromatic nitrogens is 2. The van der Waals surface area contributed by atoms with E-state index in [0.717, 1.165) is 11.4 Å².